The Labute approximate surface area is 121 Å². The maximum Gasteiger partial charge on any atom is 0.195 e. The van der Waals surface area contributed by atoms with Gasteiger partial charge in [0.05, 0.1) is 5.02 Å². The highest BCUT2D eigenvalue weighted by atomic mass is 35.5. The van der Waals surface area contributed by atoms with Gasteiger partial charge in [-0.3, -0.25) is 4.79 Å². The minimum atomic E-state index is 0.0450. The maximum atomic E-state index is 12.9. The van der Waals surface area contributed by atoms with Crippen LogP contribution in [0.4, 0.5) is 0 Å². The molecule has 0 fully saturated rings. The van der Waals surface area contributed by atoms with Gasteiger partial charge >= 0.3 is 0 Å². The molecular formula is C18H11ClO. The topological polar surface area (TPSA) is 17.1 Å². The van der Waals surface area contributed by atoms with Crippen molar-refractivity contribution in [1.82, 2.24) is 0 Å². The van der Waals surface area contributed by atoms with E-state index in [4.69, 9.17) is 11.6 Å². The van der Waals surface area contributed by atoms with E-state index < -0.39 is 0 Å². The molecule has 0 atom stereocenters. The van der Waals surface area contributed by atoms with Gasteiger partial charge in [0.25, 0.3) is 0 Å². The predicted octanol–water partition coefficient (Wildman–Crippen LogP) is 4.63. The van der Waals surface area contributed by atoms with E-state index in [9.17, 15) is 4.79 Å². The first-order chi connectivity index (χ1) is 9.75. The van der Waals surface area contributed by atoms with E-state index in [1.807, 2.05) is 36.4 Å². The number of hydrogen-bond donors (Lipinski definition) is 0. The first-order valence-electron chi connectivity index (χ1n) is 6.58. The number of hydrogen-bond acceptors (Lipinski definition) is 1. The smallest absolute Gasteiger partial charge is 0.195 e. The molecule has 4 rings (SSSR count). The summed E-state index contributed by atoms with van der Waals surface area (Å²) in [5.41, 5.74) is 3.58. The van der Waals surface area contributed by atoms with Crippen LogP contribution in [0.3, 0.4) is 0 Å². The lowest BCUT2D eigenvalue weighted by Crippen LogP contribution is -2.16. The van der Waals surface area contributed by atoms with Gasteiger partial charge in [0, 0.05) is 11.1 Å². The van der Waals surface area contributed by atoms with E-state index in [1.165, 1.54) is 0 Å². The average Bonchev–Trinajstić information content (AvgIpc) is 2.47. The third kappa shape index (κ3) is 1.53. The zero-order valence-electron chi connectivity index (χ0n) is 10.7. The Morgan fingerprint density at radius 1 is 0.800 bits per heavy atom. The summed E-state index contributed by atoms with van der Waals surface area (Å²) >= 11 is 6.23. The molecule has 0 bridgehead atoms. The summed E-state index contributed by atoms with van der Waals surface area (Å²) in [5.74, 6) is 0.0450. The maximum absolute atomic E-state index is 12.9. The molecule has 0 unspecified atom stereocenters. The van der Waals surface area contributed by atoms with Crippen LogP contribution < -0.4 is 0 Å². The van der Waals surface area contributed by atoms with Crippen molar-refractivity contribution in [2.24, 2.45) is 0 Å². The third-order valence-corrected chi connectivity index (χ3v) is 4.27. The van der Waals surface area contributed by atoms with Gasteiger partial charge in [-0.15, -0.1) is 0 Å². The molecule has 1 nitrogen and oxygen atoms in total. The highest BCUT2D eigenvalue weighted by molar-refractivity contribution is 6.36. The van der Waals surface area contributed by atoms with Gasteiger partial charge in [-0.2, -0.15) is 0 Å². The number of rotatable bonds is 0. The fourth-order valence-corrected chi connectivity index (χ4v) is 3.31. The van der Waals surface area contributed by atoms with Gasteiger partial charge in [-0.05, 0) is 34.4 Å². The van der Waals surface area contributed by atoms with E-state index in [1.54, 1.807) is 6.07 Å². The number of fused-ring (bicyclic) bond motifs is 4. The molecule has 0 amide bonds. The van der Waals surface area contributed by atoms with E-state index in [0.29, 0.717) is 10.6 Å². The first-order valence-corrected chi connectivity index (χ1v) is 6.96. The lowest BCUT2D eigenvalue weighted by Gasteiger charge is -2.21. The molecule has 3 aromatic rings. The fraction of sp³-hybridized carbons (Fsp3) is 0.0556. The van der Waals surface area contributed by atoms with Crippen molar-refractivity contribution in [2.75, 3.05) is 0 Å². The highest BCUT2D eigenvalue weighted by Crippen LogP contribution is 2.35. The molecule has 0 aliphatic heterocycles. The molecule has 20 heavy (non-hydrogen) atoms. The van der Waals surface area contributed by atoms with Crippen molar-refractivity contribution in [2.45, 2.75) is 6.42 Å². The lowest BCUT2D eigenvalue weighted by molar-refractivity contribution is 0.103. The first kappa shape index (κ1) is 11.7. The predicted molar refractivity (Wildman–Crippen MR) is 81.6 cm³/mol. The Morgan fingerprint density at radius 2 is 1.60 bits per heavy atom. The van der Waals surface area contributed by atoms with Gasteiger partial charge in [-0.25, -0.2) is 0 Å². The van der Waals surface area contributed by atoms with Crippen LogP contribution in [0.25, 0.3) is 10.8 Å². The zero-order valence-corrected chi connectivity index (χ0v) is 11.4. The summed E-state index contributed by atoms with van der Waals surface area (Å²) in [5, 5.41) is 2.65. The Balaban J connectivity index is 2.07. The highest BCUT2D eigenvalue weighted by Gasteiger charge is 2.26. The van der Waals surface area contributed by atoms with Crippen molar-refractivity contribution in [3.8, 4) is 0 Å². The molecule has 0 aromatic heterocycles. The molecule has 0 N–H and O–H groups in total. The van der Waals surface area contributed by atoms with Crippen molar-refractivity contribution in [1.29, 1.82) is 0 Å². The van der Waals surface area contributed by atoms with Gasteiger partial charge < -0.3 is 0 Å². The van der Waals surface area contributed by atoms with Crippen LogP contribution >= 0.6 is 11.6 Å². The molecule has 2 heteroatoms. The molecule has 0 saturated carbocycles. The van der Waals surface area contributed by atoms with Gasteiger partial charge in [0.15, 0.2) is 5.78 Å². The van der Waals surface area contributed by atoms with Crippen LogP contribution in [0.1, 0.15) is 27.0 Å². The van der Waals surface area contributed by atoms with Crippen LogP contribution in [0, 0.1) is 0 Å². The van der Waals surface area contributed by atoms with Crippen LogP contribution in [-0.2, 0) is 6.42 Å². The summed E-state index contributed by atoms with van der Waals surface area (Å²) < 4.78 is 0. The number of carbonyl (C=O) groups excluding carboxylic acids is 1. The molecule has 0 heterocycles. The minimum Gasteiger partial charge on any atom is -0.289 e. The molecular weight excluding hydrogens is 268 g/mol. The van der Waals surface area contributed by atoms with Crippen LogP contribution in [0.5, 0.6) is 0 Å². The number of halogens is 1. The summed E-state index contributed by atoms with van der Waals surface area (Å²) in [6, 6.07) is 17.8. The number of ketones is 1. The van der Waals surface area contributed by atoms with Gasteiger partial charge in [-0.1, -0.05) is 60.1 Å². The molecule has 0 radical (unpaired) electrons. The molecule has 3 aromatic carbocycles. The Bertz CT molecular complexity index is 864. The van der Waals surface area contributed by atoms with E-state index >= 15 is 0 Å². The average molecular weight is 279 g/mol. The summed E-state index contributed by atoms with van der Waals surface area (Å²) in [7, 11) is 0. The Morgan fingerprint density at radius 3 is 2.50 bits per heavy atom. The van der Waals surface area contributed by atoms with Crippen molar-refractivity contribution in [3.05, 3.63) is 81.9 Å². The van der Waals surface area contributed by atoms with Crippen LogP contribution in [-0.4, -0.2) is 5.78 Å². The molecule has 0 saturated heterocycles. The Hall–Kier alpha value is -2.12. The summed E-state index contributed by atoms with van der Waals surface area (Å²) in [6.07, 6.45) is 0.766. The largest absolute Gasteiger partial charge is 0.289 e. The second-order valence-electron chi connectivity index (χ2n) is 5.10. The SMILES string of the molecule is O=C1c2c(Cl)cccc2Cc2ccc3ccccc3c21. The summed E-state index contributed by atoms with van der Waals surface area (Å²) in [4.78, 5) is 12.9. The minimum absolute atomic E-state index is 0.0450. The molecule has 0 spiro atoms. The standard InChI is InChI=1S/C18H11ClO/c19-15-7-3-5-12-10-13-9-8-11-4-1-2-6-14(11)16(13)18(20)17(12)15/h1-9H,10H2. The Kier molecular flexibility index (Phi) is 2.45. The van der Waals surface area contributed by atoms with Crippen LogP contribution in [0.2, 0.25) is 5.02 Å². The van der Waals surface area contributed by atoms with Crippen molar-refractivity contribution >= 4 is 28.2 Å². The zero-order chi connectivity index (χ0) is 13.7. The second kappa shape index (κ2) is 4.19. The van der Waals surface area contributed by atoms with Gasteiger partial charge in [0.1, 0.15) is 0 Å². The van der Waals surface area contributed by atoms with Gasteiger partial charge in [0.2, 0.25) is 0 Å². The van der Waals surface area contributed by atoms with E-state index in [0.717, 1.165) is 33.9 Å². The van der Waals surface area contributed by atoms with E-state index in [2.05, 4.69) is 12.1 Å². The van der Waals surface area contributed by atoms with Crippen LogP contribution in [0.15, 0.2) is 54.6 Å². The second-order valence-corrected chi connectivity index (χ2v) is 5.51. The number of carbonyl (C=O) groups is 1. The monoisotopic (exact) mass is 278 g/mol. The number of benzene rings is 3. The van der Waals surface area contributed by atoms with E-state index in [-0.39, 0.29) is 5.78 Å². The molecule has 1 aliphatic rings. The quantitative estimate of drug-likeness (QED) is 0.458. The van der Waals surface area contributed by atoms with Crippen molar-refractivity contribution in [3.63, 3.8) is 0 Å². The third-order valence-electron chi connectivity index (χ3n) is 3.95. The van der Waals surface area contributed by atoms with Crippen molar-refractivity contribution < 1.29 is 4.79 Å². The fourth-order valence-electron chi connectivity index (χ4n) is 3.03. The molecule has 1 aliphatic carbocycles. The molecule has 96 valence electrons. The summed E-state index contributed by atoms with van der Waals surface area (Å²) in [6.45, 7) is 0. The normalized spacial score (nSPS) is 13.2. The lowest BCUT2D eigenvalue weighted by atomic mass is 9.82.